The molecule has 1 aromatic carbocycles. The lowest BCUT2D eigenvalue weighted by Crippen LogP contribution is -2.57. The number of rotatable bonds is 5. The van der Waals surface area contributed by atoms with Crippen molar-refractivity contribution in [2.75, 3.05) is 32.7 Å². The molecular formula is C20H28ClN3O3. The van der Waals surface area contributed by atoms with E-state index in [0.29, 0.717) is 31.7 Å². The number of nitrogens with zero attached hydrogens (tertiary/aromatic N) is 2. The number of piperidine rings is 1. The minimum Gasteiger partial charge on any atom is -0.341 e. The fraction of sp³-hybridized carbons (Fsp3) is 0.550. The summed E-state index contributed by atoms with van der Waals surface area (Å²) in [4.78, 5) is 40.6. The van der Waals surface area contributed by atoms with Crippen LogP contribution in [0.25, 0.3) is 0 Å². The molecule has 6 nitrogen and oxygen atoms in total. The molecule has 2 aliphatic rings. The van der Waals surface area contributed by atoms with Gasteiger partial charge in [-0.25, -0.2) is 0 Å². The van der Waals surface area contributed by atoms with E-state index in [4.69, 9.17) is 0 Å². The van der Waals surface area contributed by atoms with Gasteiger partial charge < -0.3 is 15.1 Å². The Morgan fingerprint density at radius 2 is 1.89 bits per heavy atom. The largest absolute Gasteiger partial charge is 0.341 e. The topological polar surface area (TPSA) is 69.7 Å². The molecule has 0 aromatic heterocycles. The van der Waals surface area contributed by atoms with E-state index in [1.54, 1.807) is 0 Å². The second-order valence-electron chi connectivity index (χ2n) is 7.19. The van der Waals surface area contributed by atoms with Crippen LogP contribution in [0.1, 0.15) is 41.6 Å². The first kappa shape index (κ1) is 21.4. The van der Waals surface area contributed by atoms with Crippen molar-refractivity contribution in [3.05, 3.63) is 35.4 Å². The van der Waals surface area contributed by atoms with Crippen LogP contribution in [0.2, 0.25) is 0 Å². The summed E-state index contributed by atoms with van der Waals surface area (Å²) in [5.74, 6) is 0.132. The normalized spacial score (nSPS) is 20.2. The van der Waals surface area contributed by atoms with Crippen LogP contribution in [0.5, 0.6) is 0 Å². The zero-order valence-corrected chi connectivity index (χ0v) is 16.6. The van der Waals surface area contributed by atoms with E-state index in [2.05, 4.69) is 5.32 Å². The average Bonchev–Trinajstić information content (AvgIpc) is 2.67. The lowest BCUT2D eigenvalue weighted by molar-refractivity contribution is -0.140. The van der Waals surface area contributed by atoms with Crippen molar-refractivity contribution in [3.8, 4) is 0 Å². The maximum absolute atomic E-state index is 12.6. The van der Waals surface area contributed by atoms with Crippen molar-refractivity contribution >= 4 is 30.0 Å². The summed E-state index contributed by atoms with van der Waals surface area (Å²) in [6.07, 6.45) is 2.31. The molecular weight excluding hydrogens is 366 g/mol. The molecule has 2 amide bonds. The van der Waals surface area contributed by atoms with Gasteiger partial charge in [-0.15, -0.1) is 12.4 Å². The van der Waals surface area contributed by atoms with Crippen LogP contribution in [0, 0.1) is 6.92 Å². The predicted molar refractivity (Wildman–Crippen MR) is 106 cm³/mol. The Hall–Kier alpha value is -1.92. The fourth-order valence-electron chi connectivity index (χ4n) is 3.71. The van der Waals surface area contributed by atoms with Crippen LogP contribution in [-0.2, 0) is 9.59 Å². The van der Waals surface area contributed by atoms with Gasteiger partial charge in [0.15, 0.2) is 5.78 Å². The van der Waals surface area contributed by atoms with Gasteiger partial charge in [0, 0.05) is 50.6 Å². The number of likely N-dealkylation sites (tertiary alicyclic amines) is 1. The SMILES string of the molecule is Cc1ccc(C(=O)CCC(=O)N2CCCC(N3CCNCC3=O)C2)cc1.Cl. The van der Waals surface area contributed by atoms with E-state index in [0.717, 1.165) is 24.9 Å². The molecule has 0 bridgehead atoms. The van der Waals surface area contributed by atoms with Crippen molar-refractivity contribution in [1.82, 2.24) is 15.1 Å². The number of halogens is 1. The monoisotopic (exact) mass is 393 g/mol. The van der Waals surface area contributed by atoms with E-state index in [1.807, 2.05) is 41.0 Å². The first-order valence-electron chi connectivity index (χ1n) is 9.42. The zero-order chi connectivity index (χ0) is 18.5. The van der Waals surface area contributed by atoms with Crippen LogP contribution in [-0.4, -0.2) is 66.2 Å². The minimum atomic E-state index is 0. The van der Waals surface area contributed by atoms with Gasteiger partial charge in [0.2, 0.25) is 11.8 Å². The van der Waals surface area contributed by atoms with Crippen LogP contribution in [0.4, 0.5) is 0 Å². The van der Waals surface area contributed by atoms with Gasteiger partial charge in [0.05, 0.1) is 6.54 Å². The summed E-state index contributed by atoms with van der Waals surface area (Å²) in [6.45, 7) is 5.18. The fourth-order valence-corrected chi connectivity index (χ4v) is 3.71. The van der Waals surface area contributed by atoms with Gasteiger partial charge in [-0.2, -0.15) is 0 Å². The number of ketones is 1. The van der Waals surface area contributed by atoms with Crippen LogP contribution < -0.4 is 5.32 Å². The van der Waals surface area contributed by atoms with E-state index >= 15 is 0 Å². The highest BCUT2D eigenvalue weighted by atomic mass is 35.5. The highest BCUT2D eigenvalue weighted by Crippen LogP contribution is 2.18. The first-order valence-corrected chi connectivity index (χ1v) is 9.42. The third-order valence-electron chi connectivity index (χ3n) is 5.26. The maximum Gasteiger partial charge on any atom is 0.236 e. The summed E-state index contributed by atoms with van der Waals surface area (Å²) in [6, 6.07) is 7.56. The Morgan fingerprint density at radius 3 is 2.59 bits per heavy atom. The Bertz CT molecular complexity index is 678. The number of aryl methyl sites for hydroxylation is 1. The zero-order valence-electron chi connectivity index (χ0n) is 15.8. The molecule has 0 aliphatic carbocycles. The number of benzene rings is 1. The van der Waals surface area contributed by atoms with Gasteiger partial charge in [-0.1, -0.05) is 29.8 Å². The molecule has 0 radical (unpaired) electrons. The molecule has 1 unspecified atom stereocenters. The molecule has 2 fully saturated rings. The number of carbonyl (C=O) groups excluding carboxylic acids is 3. The summed E-state index contributed by atoms with van der Waals surface area (Å²) in [5.41, 5.74) is 1.77. The Morgan fingerprint density at radius 1 is 1.15 bits per heavy atom. The molecule has 1 aromatic rings. The molecule has 1 N–H and O–H groups in total. The number of nitrogens with one attached hydrogen (secondary N) is 1. The highest BCUT2D eigenvalue weighted by molar-refractivity contribution is 5.98. The number of carbonyl (C=O) groups is 3. The number of hydrogen-bond acceptors (Lipinski definition) is 4. The number of Topliss-reactive ketones (excluding diaryl/α,β-unsaturated/α-hetero) is 1. The third kappa shape index (κ3) is 5.53. The van der Waals surface area contributed by atoms with Gasteiger partial charge in [0.25, 0.3) is 0 Å². The second-order valence-corrected chi connectivity index (χ2v) is 7.19. The molecule has 7 heteroatoms. The van der Waals surface area contributed by atoms with Crippen LogP contribution >= 0.6 is 12.4 Å². The number of piperazine rings is 1. The molecule has 3 rings (SSSR count). The summed E-state index contributed by atoms with van der Waals surface area (Å²) in [7, 11) is 0. The molecule has 0 saturated carbocycles. The van der Waals surface area contributed by atoms with Crippen molar-refractivity contribution in [2.45, 2.75) is 38.6 Å². The molecule has 2 aliphatic heterocycles. The predicted octanol–water partition coefficient (Wildman–Crippen LogP) is 1.80. The number of hydrogen-bond donors (Lipinski definition) is 1. The second kappa shape index (κ2) is 9.85. The Kier molecular flexibility index (Phi) is 7.80. The van der Waals surface area contributed by atoms with Crippen molar-refractivity contribution in [3.63, 3.8) is 0 Å². The average molecular weight is 394 g/mol. The molecule has 27 heavy (non-hydrogen) atoms. The van der Waals surface area contributed by atoms with Gasteiger partial charge >= 0.3 is 0 Å². The van der Waals surface area contributed by atoms with Crippen molar-refractivity contribution < 1.29 is 14.4 Å². The maximum atomic E-state index is 12.6. The first-order chi connectivity index (χ1) is 12.5. The van der Waals surface area contributed by atoms with E-state index in [1.165, 1.54) is 0 Å². The number of amides is 2. The van der Waals surface area contributed by atoms with Gasteiger partial charge in [-0.3, -0.25) is 14.4 Å². The standard InChI is InChI=1S/C20H27N3O3.ClH/c1-15-4-6-16(7-5-15)18(24)8-9-19(25)22-11-2-3-17(14-22)23-12-10-21-13-20(23)26;/h4-7,17,21H,2-3,8-14H2,1H3;1H. The molecule has 2 saturated heterocycles. The summed E-state index contributed by atoms with van der Waals surface area (Å²) >= 11 is 0. The summed E-state index contributed by atoms with van der Waals surface area (Å²) < 4.78 is 0. The molecule has 0 spiro atoms. The minimum absolute atomic E-state index is 0. The smallest absolute Gasteiger partial charge is 0.236 e. The third-order valence-corrected chi connectivity index (χ3v) is 5.26. The lowest BCUT2D eigenvalue weighted by atomic mass is 10.0. The van der Waals surface area contributed by atoms with Gasteiger partial charge in [0.1, 0.15) is 0 Å². The van der Waals surface area contributed by atoms with Gasteiger partial charge in [-0.05, 0) is 19.8 Å². The Labute approximate surface area is 166 Å². The Balaban J connectivity index is 0.00000261. The van der Waals surface area contributed by atoms with Crippen LogP contribution in [0.3, 0.4) is 0 Å². The quantitative estimate of drug-likeness (QED) is 0.774. The molecule has 1 atom stereocenters. The van der Waals surface area contributed by atoms with Crippen molar-refractivity contribution in [2.24, 2.45) is 0 Å². The van der Waals surface area contributed by atoms with Crippen molar-refractivity contribution in [1.29, 1.82) is 0 Å². The molecule has 148 valence electrons. The molecule has 2 heterocycles. The lowest BCUT2D eigenvalue weighted by Gasteiger charge is -2.41. The summed E-state index contributed by atoms with van der Waals surface area (Å²) in [5, 5.41) is 3.08. The van der Waals surface area contributed by atoms with E-state index < -0.39 is 0 Å². The highest BCUT2D eigenvalue weighted by Gasteiger charge is 2.31. The van der Waals surface area contributed by atoms with E-state index in [9.17, 15) is 14.4 Å². The van der Waals surface area contributed by atoms with Crippen LogP contribution in [0.15, 0.2) is 24.3 Å². The van der Waals surface area contributed by atoms with E-state index in [-0.39, 0.29) is 48.9 Å².